The second-order valence-electron chi connectivity index (χ2n) is 5.70. The van der Waals surface area contributed by atoms with E-state index in [9.17, 15) is 9.59 Å². The first-order valence-electron chi connectivity index (χ1n) is 7.42. The van der Waals surface area contributed by atoms with Crippen molar-refractivity contribution in [3.63, 3.8) is 0 Å². The molecule has 2 N–H and O–H groups in total. The third-order valence-corrected chi connectivity index (χ3v) is 4.37. The van der Waals surface area contributed by atoms with Gasteiger partial charge in [-0.2, -0.15) is 0 Å². The summed E-state index contributed by atoms with van der Waals surface area (Å²) in [5, 5.41) is 8.40. The molecule has 2 amide bonds. The van der Waals surface area contributed by atoms with Crippen LogP contribution in [-0.4, -0.2) is 34.4 Å². The zero-order chi connectivity index (χ0) is 16.4. The Morgan fingerprint density at radius 1 is 1.43 bits per heavy atom. The Morgan fingerprint density at radius 2 is 2.22 bits per heavy atom. The van der Waals surface area contributed by atoms with E-state index in [2.05, 4.69) is 15.6 Å². The van der Waals surface area contributed by atoms with Gasteiger partial charge in [0.25, 0.3) is 5.91 Å². The van der Waals surface area contributed by atoms with Crippen LogP contribution < -0.4 is 10.6 Å². The number of carbonyl (C=O) groups is 2. The predicted octanol–water partition coefficient (Wildman–Crippen LogP) is 2.63. The number of thiazole rings is 1. The normalized spacial score (nSPS) is 16.9. The molecule has 2 heterocycles. The molecule has 1 aromatic heterocycles. The second-order valence-corrected chi connectivity index (χ2v) is 6.59. The fourth-order valence-corrected chi connectivity index (χ4v) is 3.15. The van der Waals surface area contributed by atoms with Gasteiger partial charge in [0.2, 0.25) is 5.91 Å². The van der Waals surface area contributed by atoms with Gasteiger partial charge < -0.3 is 15.5 Å². The minimum atomic E-state index is -0.250. The summed E-state index contributed by atoms with van der Waals surface area (Å²) in [4.78, 5) is 30.6. The van der Waals surface area contributed by atoms with Crippen LogP contribution in [0.25, 0.3) is 0 Å². The number of nitrogens with zero attached hydrogens (tertiary/aromatic N) is 2. The highest BCUT2D eigenvalue weighted by molar-refractivity contribution is 7.13. The van der Waals surface area contributed by atoms with Gasteiger partial charge in [-0.15, -0.1) is 11.3 Å². The third-order valence-electron chi connectivity index (χ3n) is 3.68. The Kier molecular flexibility index (Phi) is 4.29. The van der Waals surface area contributed by atoms with Gasteiger partial charge in [0.05, 0.1) is 5.56 Å². The predicted molar refractivity (Wildman–Crippen MR) is 90.5 cm³/mol. The van der Waals surface area contributed by atoms with Crippen molar-refractivity contribution in [2.75, 3.05) is 17.2 Å². The molecule has 1 aliphatic heterocycles. The number of anilines is 2. The fraction of sp³-hybridized carbons (Fsp3) is 0.312. The van der Waals surface area contributed by atoms with Gasteiger partial charge in [-0.3, -0.25) is 9.59 Å². The molecule has 0 saturated heterocycles. The summed E-state index contributed by atoms with van der Waals surface area (Å²) >= 11 is 1.35. The topological polar surface area (TPSA) is 74.3 Å². The Labute approximate surface area is 138 Å². The molecule has 1 aromatic carbocycles. The maximum Gasteiger partial charge on any atom is 0.258 e. The van der Waals surface area contributed by atoms with Gasteiger partial charge in [-0.1, -0.05) is 26.0 Å². The van der Waals surface area contributed by atoms with E-state index in [-0.39, 0.29) is 30.4 Å². The van der Waals surface area contributed by atoms with E-state index < -0.39 is 0 Å². The lowest BCUT2D eigenvalue weighted by molar-refractivity contribution is -0.117. The minimum Gasteiger partial charge on any atom is -0.364 e. The highest BCUT2D eigenvalue weighted by Gasteiger charge is 2.34. The molecule has 6 nitrogen and oxygen atoms in total. The summed E-state index contributed by atoms with van der Waals surface area (Å²) < 4.78 is 0. The number of aromatic nitrogens is 1. The summed E-state index contributed by atoms with van der Waals surface area (Å²) in [6.45, 7) is 4.03. The SMILES string of the molecule is CC(C)[C@@H]1Nc2ccccc2C(=O)N1CC(=O)Nc1nccs1. The number of hydrogen-bond acceptors (Lipinski definition) is 5. The van der Waals surface area contributed by atoms with E-state index in [0.29, 0.717) is 10.7 Å². The summed E-state index contributed by atoms with van der Waals surface area (Å²) in [6.07, 6.45) is 1.40. The number of carbonyl (C=O) groups excluding carboxylic acids is 2. The largest absolute Gasteiger partial charge is 0.364 e. The summed E-state index contributed by atoms with van der Waals surface area (Å²) in [7, 11) is 0. The van der Waals surface area contributed by atoms with Crippen molar-refractivity contribution in [1.82, 2.24) is 9.88 Å². The molecule has 2 aromatic rings. The smallest absolute Gasteiger partial charge is 0.258 e. The van der Waals surface area contributed by atoms with E-state index in [4.69, 9.17) is 0 Å². The molecule has 0 saturated carbocycles. The van der Waals surface area contributed by atoms with Crippen LogP contribution in [0.1, 0.15) is 24.2 Å². The van der Waals surface area contributed by atoms with Crippen molar-refractivity contribution in [3.8, 4) is 0 Å². The summed E-state index contributed by atoms with van der Waals surface area (Å²) in [5.41, 5.74) is 1.40. The number of hydrogen-bond donors (Lipinski definition) is 2. The molecular formula is C16H18N4O2S. The van der Waals surface area contributed by atoms with Gasteiger partial charge in [0.15, 0.2) is 5.13 Å². The molecule has 0 spiro atoms. The first kappa shape index (κ1) is 15.5. The maximum absolute atomic E-state index is 12.8. The van der Waals surface area contributed by atoms with Crippen LogP contribution in [0.3, 0.4) is 0 Å². The number of benzene rings is 1. The fourth-order valence-electron chi connectivity index (χ4n) is 2.61. The van der Waals surface area contributed by atoms with E-state index in [0.717, 1.165) is 5.69 Å². The Balaban J connectivity index is 1.81. The molecule has 120 valence electrons. The van der Waals surface area contributed by atoms with Crippen LogP contribution in [0.4, 0.5) is 10.8 Å². The van der Waals surface area contributed by atoms with Gasteiger partial charge in [0, 0.05) is 17.3 Å². The minimum absolute atomic E-state index is 0.0113. The van der Waals surface area contributed by atoms with Crippen molar-refractivity contribution < 1.29 is 9.59 Å². The van der Waals surface area contributed by atoms with E-state index in [1.54, 1.807) is 22.5 Å². The zero-order valence-electron chi connectivity index (χ0n) is 12.9. The highest BCUT2D eigenvalue weighted by Crippen LogP contribution is 2.28. The monoisotopic (exact) mass is 330 g/mol. The standard InChI is InChI=1S/C16H18N4O2S/c1-10(2)14-18-12-6-4-3-5-11(12)15(22)20(14)9-13(21)19-16-17-7-8-23-16/h3-8,10,14,18H,9H2,1-2H3,(H,17,19,21)/t14-/m1/s1. The Bertz CT molecular complexity index is 715. The van der Waals surface area contributed by atoms with Crippen molar-refractivity contribution in [2.45, 2.75) is 20.0 Å². The summed E-state index contributed by atoms with van der Waals surface area (Å²) in [6, 6.07) is 7.37. The maximum atomic E-state index is 12.8. The molecule has 0 fully saturated rings. The Hall–Kier alpha value is -2.41. The van der Waals surface area contributed by atoms with Crippen LogP contribution in [0.5, 0.6) is 0 Å². The molecular weight excluding hydrogens is 312 g/mol. The molecule has 0 unspecified atom stereocenters. The number of fused-ring (bicyclic) bond motifs is 1. The van der Waals surface area contributed by atoms with Gasteiger partial charge in [-0.05, 0) is 18.1 Å². The van der Waals surface area contributed by atoms with Crippen LogP contribution in [0, 0.1) is 5.92 Å². The van der Waals surface area contributed by atoms with Crippen LogP contribution in [-0.2, 0) is 4.79 Å². The number of rotatable bonds is 4. The molecule has 7 heteroatoms. The van der Waals surface area contributed by atoms with Crippen LogP contribution >= 0.6 is 11.3 Å². The molecule has 0 bridgehead atoms. The molecule has 3 rings (SSSR count). The first-order chi connectivity index (χ1) is 11.1. The average molecular weight is 330 g/mol. The molecule has 0 radical (unpaired) electrons. The van der Waals surface area contributed by atoms with E-state index >= 15 is 0 Å². The van der Waals surface area contributed by atoms with Crippen molar-refractivity contribution >= 4 is 34.0 Å². The number of nitrogens with one attached hydrogen (secondary N) is 2. The molecule has 0 aliphatic carbocycles. The Morgan fingerprint density at radius 3 is 2.91 bits per heavy atom. The summed E-state index contributed by atoms with van der Waals surface area (Å²) in [5.74, 6) is -0.215. The van der Waals surface area contributed by atoms with E-state index in [1.807, 2.05) is 32.0 Å². The van der Waals surface area contributed by atoms with E-state index in [1.165, 1.54) is 11.3 Å². The van der Waals surface area contributed by atoms with Crippen molar-refractivity contribution in [2.24, 2.45) is 5.92 Å². The molecule has 23 heavy (non-hydrogen) atoms. The molecule has 1 atom stereocenters. The van der Waals surface area contributed by atoms with Crippen LogP contribution in [0.15, 0.2) is 35.8 Å². The third kappa shape index (κ3) is 3.19. The zero-order valence-corrected chi connectivity index (χ0v) is 13.8. The number of amides is 2. The number of para-hydroxylation sites is 1. The van der Waals surface area contributed by atoms with Crippen molar-refractivity contribution in [3.05, 3.63) is 41.4 Å². The lowest BCUT2D eigenvalue weighted by Crippen LogP contribution is -2.53. The highest BCUT2D eigenvalue weighted by atomic mass is 32.1. The molecule has 1 aliphatic rings. The quantitative estimate of drug-likeness (QED) is 0.904. The first-order valence-corrected chi connectivity index (χ1v) is 8.30. The lowest BCUT2D eigenvalue weighted by Gasteiger charge is -2.39. The van der Waals surface area contributed by atoms with Gasteiger partial charge >= 0.3 is 0 Å². The lowest BCUT2D eigenvalue weighted by atomic mass is 10.0. The van der Waals surface area contributed by atoms with Crippen LogP contribution in [0.2, 0.25) is 0 Å². The van der Waals surface area contributed by atoms with Gasteiger partial charge in [0.1, 0.15) is 12.7 Å². The van der Waals surface area contributed by atoms with Gasteiger partial charge in [-0.25, -0.2) is 4.98 Å². The average Bonchev–Trinajstić information content (AvgIpc) is 3.02. The van der Waals surface area contributed by atoms with Crippen molar-refractivity contribution in [1.29, 1.82) is 0 Å². The second kappa shape index (κ2) is 6.37.